The maximum absolute atomic E-state index is 10.4. The van der Waals surface area contributed by atoms with Crippen LogP contribution in [0, 0.1) is 4.91 Å². The Kier molecular flexibility index (Phi) is 2.04. The van der Waals surface area contributed by atoms with E-state index in [1.165, 1.54) is 0 Å². The first-order valence-corrected chi connectivity index (χ1v) is 3.17. The van der Waals surface area contributed by atoms with Gasteiger partial charge in [-0.3, -0.25) is 0 Å². The second-order valence-electron chi connectivity index (χ2n) is 2.38. The van der Waals surface area contributed by atoms with E-state index in [-0.39, 0.29) is 13.0 Å². The van der Waals surface area contributed by atoms with E-state index in [0.717, 1.165) is 5.01 Å². The smallest absolute Gasteiger partial charge is 0.330 e. The molecule has 62 valence electrons. The van der Waals surface area contributed by atoms with Gasteiger partial charge in [-0.2, -0.15) is 0 Å². The summed E-state index contributed by atoms with van der Waals surface area (Å²) < 4.78 is 0. The lowest BCUT2D eigenvalue weighted by molar-refractivity contribution is -0.145. The molecule has 2 atom stereocenters. The zero-order valence-electron chi connectivity index (χ0n) is 5.67. The number of rotatable bonds is 2. The molecule has 0 radical (unpaired) electrons. The van der Waals surface area contributed by atoms with Crippen molar-refractivity contribution in [3.8, 4) is 0 Å². The fraction of sp³-hybridized carbons (Fsp3) is 0.800. The predicted molar refractivity (Wildman–Crippen MR) is 34.5 cm³/mol. The molecule has 11 heavy (non-hydrogen) atoms. The van der Waals surface area contributed by atoms with Gasteiger partial charge >= 0.3 is 5.97 Å². The average Bonchev–Trinajstić information content (AvgIpc) is 2.30. The molecule has 1 heterocycles. The highest BCUT2D eigenvalue weighted by atomic mass is 16.4. The first-order chi connectivity index (χ1) is 5.16. The Balaban J connectivity index is 2.70. The van der Waals surface area contributed by atoms with E-state index in [1.807, 2.05) is 0 Å². The van der Waals surface area contributed by atoms with Crippen LogP contribution in [0.1, 0.15) is 6.42 Å². The minimum atomic E-state index is -1.21. The van der Waals surface area contributed by atoms with Crippen molar-refractivity contribution in [1.82, 2.24) is 5.01 Å². The molecule has 1 aliphatic rings. The van der Waals surface area contributed by atoms with Crippen molar-refractivity contribution in [3.05, 3.63) is 4.91 Å². The molecule has 1 rings (SSSR count). The SMILES string of the molecule is O=NN1CCC(O)C1C(=O)O. The van der Waals surface area contributed by atoms with Crippen LogP contribution in [-0.2, 0) is 4.79 Å². The first kappa shape index (κ1) is 7.93. The molecule has 0 spiro atoms. The zero-order valence-corrected chi connectivity index (χ0v) is 5.67. The Bertz CT molecular complexity index is 183. The van der Waals surface area contributed by atoms with Gasteiger partial charge in [0.25, 0.3) is 0 Å². The number of aliphatic hydroxyl groups is 1. The Morgan fingerprint density at radius 1 is 1.64 bits per heavy atom. The van der Waals surface area contributed by atoms with Gasteiger partial charge in [-0.05, 0) is 6.42 Å². The van der Waals surface area contributed by atoms with Crippen LogP contribution in [0.5, 0.6) is 0 Å². The highest BCUT2D eigenvalue weighted by Crippen LogP contribution is 2.17. The summed E-state index contributed by atoms with van der Waals surface area (Å²) in [7, 11) is 0. The molecule has 1 saturated heterocycles. The van der Waals surface area contributed by atoms with Gasteiger partial charge in [0.1, 0.15) is 0 Å². The Labute approximate surface area is 62.4 Å². The maximum atomic E-state index is 10.4. The van der Waals surface area contributed by atoms with E-state index in [9.17, 15) is 9.70 Å². The summed E-state index contributed by atoms with van der Waals surface area (Å²) >= 11 is 0. The van der Waals surface area contributed by atoms with Gasteiger partial charge in [-0.1, -0.05) is 0 Å². The molecular formula is C5H8N2O4. The standard InChI is InChI=1S/C5H8N2O4/c8-3-1-2-7(6-11)4(3)5(9)10/h3-4,8H,1-2H2,(H,9,10). The minimum Gasteiger partial charge on any atom is -0.480 e. The van der Waals surface area contributed by atoms with E-state index >= 15 is 0 Å². The lowest BCUT2D eigenvalue weighted by atomic mass is 10.2. The molecule has 2 unspecified atom stereocenters. The van der Waals surface area contributed by atoms with Gasteiger partial charge in [-0.15, -0.1) is 4.91 Å². The minimum absolute atomic E-state index is 0.210. The molecule has 0 aliphatic carbocycles. The molecule has 1 aliphatic heterocycles. The average molecular weight is 160 g/mol. The van der Waals surface area contributed by atoms with Crippen LogP contribution in [-0.4, -0.2) is 39.9 Å². The highest BCUT2D eigenvalue weighted by Gasteiger charge is 2.38. The predicted octanol–water partition coefficient (Wildman–Crippen LogP) is -0.812. The van der Waals surface area contributed by atoms with Gasteiger partial charge in [0.2, 0.25) is 0 Å². The summed E-state index contributed by atoms with van der Waals surface area (Å²) in [6.45, 7) is 0.210. The second-order valence-corrected chi connectivity index (χ2v) is 2.38. The molecule has 6 nitrogen and oxygen atoms in total. The van der Waals surface area contributed by atoms with Gasteiger partial charge in [0.05, 0.1) is 11.4 Å². The Morgan fingerprint density at radius 2 is 2.27 bits per heavy atom. The van der Waals surface area contributed by atoms with Crippen molar-refractivity contribution in [1.29, 1.82) is 0 Å². The number of aliphatic hydroxyl groups excluding tert-OH is 1. The van der Waals surface area contributed by atoms with Crippen molar-refractivity contribution in [2.24, 2.45) is 5.29 Å². The third kappa shape index (κ3) is 1.30. The summed E-state index contributed by atoms with van der Waals surface area (Å²) in [4.78, 5) is 20.3. The normalized spacial score (nSPS) is 30.5. The molecule has 2 N–H and O–H groups in total. The number of carboxylic acid groups (broad SMARTS) is 1. The van der Waals surface area contributed by atoms with Crippen LogP contribution in [0.3, 0.4) is 0 Å². The van der Waals surface area contributed by atoms with Crippen molar-refractivity contribution in [3.63, 3.8) is 0 Å². The third-order valence-electron chi connectivity index (χ3n) is 1.70. The summed E-state index contributed by atoms with van der Waals surface area (Å²) in [6, 6.07) is -1.16. The molecule has 0 bridgehead atoms. The second kappa shape index (κ2) is 2.83. The summed E-state index contributed by atoms with van der Waals surface area (Å²) in [6.07, 6.45) is -0.701. The first-order valence-electron chi connectivity index (χ1n) is 3.17. The number of carboxylic acids is 1. The van der Waals surface area contributed by atoms with Crippen LogP contribution in [0.4, 0.5) is 0 Å². The summed E-state index contributed by atoms with van der Waals surface area (Å²) in [5.41, 5.74) is 0. The molecule has 0 amide bonds. The number of hydrogen-bond donors (Lipinski definition) is 2. The maximum Gasteiger partial charge on any atom is 0.330 e. The van der Waals surface area contributed by atoms with E-state index in [2.05, 4.69) is 5.29 Å². The third-order valence-corrected chi connectivity index (χ3v) is 1.70. The Morgan fingerprint density at radius 3 is 2.64 bits per heavy atom. The lowest BCUT2D eigenvalue weighted by Crippen LogP contribution is -2.38. The number of carbonyl (C=O) groups is 1. The van der Waals surface area contributed by atoms with E-state index in [1.54, 1.807) is 0 Å². The molecule has 0 aromatic rings. The van der Waals surface area contributed by atoms with Crippen LogP contribution in [0.15, 0.2) is 5.29 Å². The van der Waals surface area contributed by atoms with E-state index in [4.69, 9.17) is 10.2 Å². The topological polar surface area (TPSA) is 90.2 Å². The molecule has 1 fully saturated rings. The fourth-order valence-corrected chi connectivity index (χ4v) is 1.14. The monoisotopic (exact) mass is 160 g/mol. The number of hydrogen-bond acceptors (Lipinski definition) is 4. The van der Waals surface area contributed by atoms with Crippen LogP contribution in [0.2, 0.25) is 0 Å². The summed E-state index contributed by atoms with van der Waals surface area (Å²) in [5.74, 6) is -1.21. The molecule has 0 aromatic heterocycles. The van der Waals surface area contributed by atoms with Gasteiger partial charge in [-0.25, -0.2) is 9.80 Å². The van der Waals surface area contributed by atoms with E-state index < -0.39 is 18.1 Å². The largest absolute Gasteiger partial charge is 0.480 e. The van der Waals surface area contributed by atoms with Crippen molar-refractivity contribution < 1.29 is 15.0 Å². The molecule has 6 heteroatoms. The number of nitrogens with zero attached hydrogens (tertiary/aromatic N) is 2. The number of aliphatic carboxylic acids is 1. The highest BCUT2D eigenvalue weighted by molar-refractivity contribution is 5.74. The molecule has 0 saturated carbocycles. The van der Waals surface area contributed by atoms with Crippen LogP contribution < -0.4 is 0 Å². The molecular weight excluding hydrogens is 152 g/mol. The lowest BCUT2D eigenvalue weighted by Gasteiger charge is -2.14. The summed E-state index contributed by atoms with van der Waals surface area (Å²) in [5, 5.41) is 20.8. The molecule has 0 aromatic carbocycles. The fourth-order valence-electron chi connectivity index (χ4n) is 1.14. The van der Waals surface area contributed by atoms with E-state index in [0.29, 0.717) is 0 Å². The van der Waals surface area contributed by atoms with Gasteiger partial charge in [0, 0.05) is 6.54 Å². The number of nitroso groups, excluding NO2 is 1. The van der Waals surface area contributed by atoms with Crippen molar-refractivity contribution in [2.75, 3.05) is 6.54 Å². The van der Waals surface area contributed by atoms with Crippen LogP contribution >= 0.6 is 0 Å². The zero-order chi connectivity index (χ0) is 8.43. The van der Waals surface area contributed by atoms with Crippen molar-refractivity contribution >= 4 is 5.97 Å². The Hall–Kier alpha value is -1.17. The van der Waals surface area contributed by atoms with Gasteiger partial charge in [0.15, 0.2) is 6.04 Å². The van der Waals surface area contributed by atoms with Gasteiger partial charge < -0.3 is 10.2 Å². The van der Waals surface area contributed by atoms with Crippen molar-refractivity contribution in [2.45, 2.75) is 18.6 Å². The van der Waals surface area contributed by atoms with Crippen LogP contribution in [0.25, 0.3) is 0 Å². The quantitative estimate of drug-likeness (QED) is 0.515.